The van der Waals surface area contributed by atoms with Crippen molar-refractivity contribution in [3.8, 4) is 0 Å². The molecule has 1 aromatic heterocycles. The largest absolute Gasteiger partial charge is 0.466 e. The van der Waals surface area contributed by atoms with Gasteiger partial charge in [0.1, 0.15) is 0 Å². The third-order valence-electron chi connectivity index (χ3n) is 2.21. The lowest BCUT2D eigenvalue weighted by Crippen LogP contribution is -2.11. The van der Waals surface area contributed by atoms with E-state index in [1.807, 2.05) is 0 Å². The number of rotatable bonds is 5. The number of carbonyl (C=O) groups excluding carboxylic acids is 1. The molecule has 0 spiro atoms. The number of hydrogen-bond acceptors (Lipinski definition) is 3. The van der Waals surface area contributed by atoms with Gasteiger partial charge in [-0.3, -0.25) is 9.78 Å². The molecule has 0 N–H and O–H groups in total. The summed E-state index contributed by atoms with van der Waals surface area (Å²) in [5.41, 5.74) is -0.0836. The summed E-state index contributed by atoms with van der Waals surface area (Å²) in [7, 11) is 0. The third-order valence-corrected chi connectivity index (χ3v) is 2.91. The number of alkyl halides is 3. The van der Waals surface area contributed by atoms with Crippen molar-refractivity contribution in [1.29, 1.82) is 0 Å². The number of aromatic nitrogens is 1. The molecule has 18 heavy (non-hydrogen) atoms. The molecule has 0 unspecified atom stereocenters. The summed E-state index contributed by atoms with van der Waals surface area (Å²) in [5.74, 6) is -0.633. The summed E-state index contributed by atoms with van der Waals surface area (Å²) < 4.78 is 30.3. The van der Waals surface area contributed by atoms with E-state index in [9.17, 15) is 13.6 Å². The van der Waals surface area contributed by atoms with Gasteiger partial charge in [0.15, 0.2) is 0 Å². The van der Waals surface area contributed by atoms with Crippen molar-refractivity contribution in [3.63, 3.8) is 0 Å². The summed E-state index contributed by atoms with van der Waals surface area (Å²) in [6.07, 6.45) is -2.09. The molecule has 3 nitrogen and oxygen atoms in total. The number of nitrogens with zero attached hydrogens (tertiary/aromatic N) is 1. The van der Waals surface area contributed by atoms with Crippen LogP contribution in [0.15, 0.2) is 6.20 Å². The lowest BCUT2D eigenvalue weighted by atomic mass is 10.1. The third kappa shape index (κ3) is 3.53. The summed E-state index contributed by atoms with van der Waals surface area (Å²) in [4.78, 5) is 15.1. The normalized spacial score (nSPS) is 10.8. The molecule has 1 heterocycles. The Hall–Kier alpha value is -0.940. The van der Waals surface area contributed by atoms with E-state index in [4.69, 9.17) is 27.9 Å². The molecule has 0 fully saturated rings. The zero-order chi connectivity index (χ0) is 13.7. The molecule has 100 valence electrons. The molecule has 0 aliphatic heterocycles. The van der Waals surface area contributed by atoms with Crippen LogP contribution in [0.4, 0.5) is 8.78 Å². The van der Waals surface area contributed by atoms with E-state index in [-0.39, 0.29) is 40.8 Å². The maximum Gasteiger partial charge on any atom is 0.310 e. The van der Waals surface area contributed by atoms with Crippen molar-refractivity contribution < 1.29 is 18.3 Å². The molecule has 0 amide bonds. The molecule has 7 heteroatoms. The highest BCUT2D eigenvalue weighted by Crippen LogP contribution is 2.30. The second kappa shape index (κ2) is 6.85. The molecule has 0 aromatic carbocycles. The average Bonchev–Trinajstić information content (AvgIpc) is 2.31. The number of ether oxygens (including phenoxy) is 1. The zero-order valence-corrected chi connectivity index (χ0v) is 11.1. The highest BCUT2D eigenvalue weighted by Gasteiger charge is 2.21. The second-order valence-corrected chi connectivity index (χ2v) is 4.01. The van der Waals surface area contributed by atoms with Gasteiger partial charge >= 0.3 is 5.97 Å². The standard InChI is InChI=1S/C11H11Cl2F2NO2/c1-2-18-9(17)3-6-7(11(14)15)5-16-8(4-12)10(6)13/h5,11H,2-4H2,1H3. The SMILES string of the molecule is CCOC(=O)Cc1c(C(F)F)cnc(CCl)c1Cl. The Morgan fingerprint density at radius 2 is 2.22 bits per heavy atom. The lowest BCUT2D eigenvalue weighted by Gasteiger charge is -2.12. The minimum absolute atomic E-state index is 0.00384. The van der Waals surface area contributed by atoms with Crippen LogP contribution in [-0.2, 0) is 21.8 Å². The van der Waals surface area contributed by atoms with Gasteiger partial charge in [-0.05, 0) is 12.5 Å². The predicted molar refractivity (Wildman–Crippen MR) is 64.1 cm³/mol. The number of esters is 1. The fourth-order valence-corrected chi connectivity index (χ4v) is 1.96. The van der Waals surface area contributed by atoms with Gasteiger partial charge in [-0.25, -0.2) is 8.78 Å². The fraction of sp³-hybridized carbons (Fsp3) is 0.455. The Bertz CT molecular complexity index is 441. The maximum absolute atomic E-state index is 12.8. The summed E-state index contributed by atoms with van der Waals surface area (Å²) >= 11 is 11.5. The van der Waals surface area contributed by atoms with Crippen LogP contribution in [0.2, 0.25) is 5.02 Å². The number of pyridine rings is 1. The summed E-state index contributed by atoms with van der Waals surface area (Å²) in [5, 5.41) is -0.00384. The molecule has 0 saturated carbocycles. The Kier molecular flexibility index (Phi) is 5.75. The Labute approximate surface area is 113 Å². The highest BCUT2D eigenvalue weighted by molar-refractivity contribution is 6.33. The quantitative estimate of drug-likeness (QED) is 0.617. The number of carbonyl (C=O) groups is 1. The Morgan fingerprint density at radius 3 is 2.72 bits per heavy atom. The van der Waals surface area contributed by atoms with Gasteiger partial charge in [-0.1, -0.05) is 11.6 Å². The van der Waals surface area contributed by atoms with E-state index in [0.717, 1.165) is 6.20 Å². The minimum Gasteiger partial charge on any atom is -0.466 e. The van der Waals surface area contributed by atoms with E-state index in [0.29, 0.717) is 0 Å². The van der Waals surface area contributed by atoms with E-state index < -0.39 is 12.4 Å². The van der Waals surface area contributed by atoms with Crippen LogP contribution < -0.4 is 0 Å². The van der Waals surface area contributed by atoms with Crippen molar-refractivity contribution in [2.75, 3.05) is 6.61 Å². The van der Waals surface area contributed by atoms with Crippen molar-refractivity contribution >= 4 is 29.2 Å². The van der Waals surface area contributed by atoms with E-state index in [1.165, 1.54) is 0 Å². The van der Waals surface area contributed by atoms with Crippen molar-refractivity contribution in [2.45, 2.75) is 25.7 Å². The van der Waals surface area contributed by atoms with E-state index >= 15 is 0 Å². The number of hydrogen-bond donors (Lipinski definition) is 0. The lowest BCUT2D eigenvalue weighted by molar-refractivity contribution is -0.142. The molecular weight excluding hydrogens is 287 g/mol. The topological polar surface area (TPSA) is 39.2 Å². The fourth-order valence-electron chi connectivity index (χ4n) is 1.40. The van der Waals surface area contributed by atoms with Crippen LogP contribution in [0.25, 0.3) is 0 Å². The molecule has 0 bridgehead atoms. The van der Waals surface area contributed by atoms with Crippen molar-refractivity contribution in [3.05, 3.63) is 28.0 Å². The minimum atomic E-state index is -2.76. The molecule has 0 aliphatic carbocycles. The van der Waals surface area contributed by atoms with E-state index in [2.05, 4.69) is 4.98 Å². The first-order valence-electron chi connectivity index (χ1n) is 5.17. The zero-order valence-electron chi connectivity index (χ0n) is 9.55. The van der Waals surface area contributed by atoms with Crippen molar-refractivity contribution in [2.24, 2.45) is 0 Å². The second-order valence-electron chi connectivity index (χ2n) is 3.37. The van der Waals surface area contributed by atoms with Crippen LogP contribution in [0, 0.1) is 0 Å². The van der Waals surface area contributed by atoms with Gasteiger partial charge in [-0.15, -0.1) is 11.6 Å². The molecule has 0 saturated heterocycles. The molecule has 0 aliphatic rings. The van der Waals surface area contributed by atoms with Crippen LogP contribution in [0.1, 0.15) is 30.2 Å². The summed E-state index contributed by atoms with van der Waals surface area (Å²) in [6.45, 7) is 1.80. The van der Waals surface area contributed by atoms with Crippen LogP contribution in [-0.4, -0.2) is 17.6 Å². The highest BCUT2D eigenvalue weighted by atomic mass is 35.5. The molecule has 1 aromatic rings. The summed E-state index contributed by atoms with van der Waals surface area (Å²) in [6, 6.07) is 0. The first kappa shape index (κ1) is 15.1. The predicted octanol–water partition coefficient (Wildman–Crippen LogP) is 3.52. The Morgan fingerprint density at radius 1 is 1.56 bits per heavy atom. The molecule has 0 atom stereocenters. The first-order valence-corrected chi connectivity index (χ1v) is 6.08. The maximum atomic E-state index is 12.8. The van der Waals surface area contributed by atoms with Gasteiger partial charge in [-0.2, -0.15) is 0 Å². The van der Waals surface area contributed by atoms with Gasteiger partial charge in [0, 0.05) is 11.8 Å². The average molecular weight is 298 g/mol. The van der Waals surface area contributed by atoms with Crippen molar-refractivity contribution in [1.82, 2.24) is 4.98 Å². The van der Waals surface area contributed by atoms with Crippen LogP contribution in [0.5, 0.6) is 0 Å². The molecular formula is C11H11Cl2F2NO2. The van der Waals surface area contributed by atoms with E-state index in [1.54, 1.807) is 6.92 Å². The Balaban J connectivity index is 3.15. The smallest absolute Gasteiger partial charge is 0.310 e. The van der Waals surface area contributed by atoms with Gasteiger partial charge in [0.05, 0.1) is 29.6 Å². The van der Waals surface area contributed by atoms with Gasteiger partial charge in [0.25, 0.3) is 6.43 Å². The van der Waals surface area contributed by atoms with Gasteiger partial charge in [0.2, 0.25) is 0 Å². The number of halogens is 4. The van der Waals surface area contributed by atoms with Crippen LogP contribution >= 0.6 is 23.2 Å². The van der Waals surface area contributed by atoms with Crippen LogP contribution in [0.3, 0.4) is 0 Å². The van der Waals surface area contributed by atoms with Gasteiger partial charge < -0.3 is 4.74 Å². The first-order chi connectivity index (χ1) is 8.51. The molecule has 1 rings (SSSR count). The monoisotopic (exact) mass is 297 g/mol. The molecule has 0 radical (unpaired) electrons.